The van der Waals surface area contributed by atoms with Crippen LogP contribution in [0.2, 0.25) is 0 Å². The van der Waals surface area contributed by atoms with Gasteiger partial charge in [0.05, 0.1) is 6.04 Å². The fraction of sp³-hybridized carbons (Fsp3) is 0.846. The SMILES string of the molecule is CCCNC(=O)C(C)N1CCN(C(C)C(=O)O)CC1. The Morgan fingerprint density at radius 3 is 2.00 bits per heavy atom. The Labute approximate surface area is 114 Å². The molecule has 2 N–H and O–H groups in total. The lowest BCUT2D eigenvalue weighted by Gasteiger charge is -2.38. The van der Waals surface area contributed by atoms with Crippen molar-refractivity contribution in [3.8, 4) is 0 Å². The minimum Gasteiger partial charge on any atom is -0.480 e. The Balaban J connectivity index is 2.40. The molecule has 0 aromatic rings. The molecule has 1 aliphatic rings. The molecule has 1 saturated heterocycles. The summed E-state index contributed by atoms with van der Waals surface area (Å²) in [5.74, 6) is -0.733. The third-order valence-electron chi connectivity index (χ3n) is 3.73. The van der Waals surface area contributed by atoms with Crippen molar-refractivity contribution in [1.29, 1.82) is 0 Å². The minimum atomic E-state index is -0.790. The number of carboxylic acid groups (broad SMARTS) is 1. The van der Waals surface area contributed by atoms with Gasteiger partial charge in [-0.3, -0.25) is 19.4 Å². The van der Waals surface area contributed by atoms with E-state index in [9.17, 15) is 9.59 Å². The molecule has 1 heterocycles. The molecule has 0 spiro atoms. The molecule has 0 bridgehead atoms. The molecule has 0 saturated carbocycles. The fourth-order valence-electron chi connectivity index (χ4n) is 2.23. The van der Waals surface area contributed by atoms with E-state index in [-0.39, 0.29) is 11.9 Å². The van der Waals surface area contributed by atoms with Crippen molar-refractivity contribution in [2.24, 2.45) is 0 Å². The summed E-state index contributed by atoms with van der Waals surface area (Å²) in [5, 5.41) is 11.9. The molecule has 1 aliphatic heterocycles. The normalized spacial score (nSPS) is 20.8. The van der Waals surface area contributed by atoms with E-state index < -0.39 is 12.0 Å². The predicted molar refractivity (Wildman–Crippen MR) is 73.0 cm³/mol. The standard InChI is InChI=1S/C13H25N3O3/c1-4-5-14-12(17)10(2)15-6-8-16(9-7-15)11(3)13(18)19/h10-11H,4-9H2,1-3H3,(H,14,17)(H,18,19). The van der Waals surface area contributed by atoms with Crippen LogP contribution in [0.1, 0.15) is 27.2 Å². The number of hydrogen-bond acceptors (Lipinski definition) is 4. The highest BCUT2D eigenvalue weighted by atomic mass is 16.4. The number of nitrogens with one attached hydrogen (secondary N) is 1. The van der Waals surface area contributed by atoms with Crippen LogP contribution in [-0.2, 0) is 9.59 Å². The second-order valence-electron chi connectivity index (χ2n) is 5.05. The monoisotopic (exact) mass is 271 g/mol. The van der Waals surface area contributed by atoms with Crippen molar-refractivity contribution in [2.75, 3.05) is 32.7 Å². The van der Waals surface area contributed by atoms with Crippen LogP contribution < -0.4 is 5.32 Å². The fourth-order valence-corrected chi connectivity index (χ4v) is 2.23. The van der Waals surface area contributed by atoms with Gasteiger partial charge in [-0.05, 0) is 20.3 Å². The molecule has 6 heteroatoms. The molecular formula is C13H25N3O3. The van der Waals surface area contributed by atoms with Gasteiger partial charge in [-0.2, -0.15) is 0 Å². The number of nitrogens with zero attached hydrogens (tertiary/aromatic N) is 2. The molecular weight excluding hydrogens is 246 g/mol. The first-order valence-electron chi connectivity index (χ1n) is 6.96. The molecule has 2 unspecified atom stereocenters. The Bertz CT molecular complexity index is 314. The second-order valence-corrected chi connectivity index (χ2v) is 5.05. The summed E-state index contributed by atoms with van der Waals surface area (Å²) in [5.41, 5.74) is 0. The molecule has 6 nitrogen and oxygen atoms in total. The summed E-state index contributed by atoms with van der Waals surface area (Å²) in [6.45, 7) is 9.20. The summed E-state index contributed by atoms with van der Waals surface area (Å²) >= 11 is 0. The van der Waals surface area contributed by atoms with Gasteiger partial charge >= 0.3 is 5.97 Å². The Kier molecular flexibility index (Phi) is 6.24. The van der Waals surface area contributed by atoms with Gasteiger partial charge in [0.1, 0.15) is 6.04 Å². The van der Waals surface area contributed by atoms with Crippen molar-refractivity contribution in [3.05, 3.63) is 0 Å². The number of piperazine rings is 1. The Morgan fingerprint density at radius 2 is 1.58 bits per heavy atom. The van der Waals surface area contributed by atoms with Crippen LogP contribution in [0.3, 0.4) is 0 Å². The first-order valence-corrected chi connectivity index (χ1v) is 6.96. The van der Waals surface area contributed by atoms with Gasteiger partial charge in [0.15, 0.2) is 0 Å². The third kappa shape index (κ3) is 4.47. The molecule has 110 valence electrons. The smallest absolute Gasteiger partial charge is 0.320 e. The van der Waals surface area contributed by atoms with Crippen LogP contribution in [0.25, 0.3) is 0 Å². The predicted octanol–water partition coefficient (Wildman–Crippen LogP) is -0.00820. The number of hydrogen-bond donors (Lipinski definition) is 2. The highest BCUT2D eigenvalue weighted by Crippen LogP contribution is 2.09. The number of carboxylic acids is 1. The van der Waals surface area contributed by atoms with E-state index in [1.54, 1.807) is 6.92 Å². The summed E-state index contributed by atoms with van der Waals surface area (Å²) in [7, 11) is 0. The lowest BCUT2D eigenvalue weighted by Crippen LogP contribution is -2.56. The number of aliphatic carboxylic acids is 1. The summed E-state index contributed by atoms with van der Waals surface area (Å²) in [6, 6.07) is -0.597. The van der Waals surface area contributed by atoms with E-state index in [1.807, 2.05) is 18.7 Å². The maximum atomic E-state index is 11.9. The van der Waals surface area contributed by atoms with E-state index >= 15 is 0 Å². The number of rotatable bonds is 6. The lowest BCUT2D eigenvalue weighted by molar-refractivity contribution is -0.144. The van der Waals surface area contributed by atoms with Gasteiger partial charge in [0, 0.05) is 32.7 Å². The molecule has 1 amide bonds. The van der Waals surface area contributed by atoms with Crippen LogP contribution in [0, 0.1) is 0 Å². The zero-order valence-corrected chi connectivity index (χ0v) is 12.1. The molecule has 19 heavy (non-hydrogen) atoms. The molecule has 0 aromatic carbocycles. The van der Waals surface area contributed by atoms with E-state index in [1.165, 1.54) is 0 Å². The highest BCUT2D eigenvalue weighted by Gasteiger charge is 2.29. The lowest BCUT2D eigenvalue weighted by atomic mass is 10.2. The Hall–Kier alpha value is -1.14. The van der Waals surface area contributed by atoms with Crippen molar-refractivity contribution in [3.63, 3.8) is 0 Å². The zero-order chi connectivity index (χ0) is 14.4. The van der Waals surface area contributed by atoms with E-state index in [0.29, 0.717) is 19.6 Å². The molecule has 0 aromatic heterocycles. The molecule has 1 fully saturated rings. The van der Waals surface area contributed by atoms with Gasteiger partial charge in [-0.15, -0.1) is 0 Å². The maximum absolute atomic E-state index is 11.9. The first kappa shape index (κ1) is 15.9. The topological polar surface area (TPSA) is 72.9 Å². The third-order valence-corrected chi connectivity index (χ3v) is 3.73. The van der Waals surface area contributed by atoms with Gasteiger partial charge < -0.3 is 10.4 Å². The number of amides is 1. The van der Waals surface area contributed by atoms with Gasteiger partial charge in [-0.25, -0.2) is 0 Å². The van der Waals surface area contributed by atoms with Gasteiger partial charge in [0.25, 0.3) is 0 Å². The van der Waals surface area contributed by atoms with Crippen LogP contribution >= 0.6 is 0 Å². The van der Waals surface area contributed by atoms with E-state index in [4.69, 9.17) is 5.11 Å². The zero-order valence-electron chi connectivity index (χ0n) is 12.1. The van der Waals surface area contributed by atoms with Crippen LogP contribution in [0.5, 0.6) is 0 Å². The van der Waals surface area contributed by atoms with Crippen LogP contribution in [0.4, 0.5) is 0 Å². The molecule has 1 rings (SSSR count). The van der Waals surface area contributed by atoms with Crippen molar-refractivity contribution in [1.82, 2.24) is 15.1 Å². The van der Waals surface area contributed by atoms with Crippen molar-refractivity contribution < 1.29 is 14.7 Å². The average molecular weight is 271 g/mol. The molecule has 2 atom stereocenters. The Morgan fingerprint density at radius 1 is 1.11 bits per heavy atom. The second kappa shape index (κ2) is 7.45. The van der Waals surface area contributed by atoms with Crippen LogP contribution in [0.15, 0.2) is 0 Å². The highest BCUT2D eigenvalue weighted by molar-refractivity contribution is 5.81. The van der Waals surface area contributed by atoms with E-state index in [2.05, 4.69) is 10.2 Å². The van der Waals surface area contributed by atoms with Gasteiger partial charge in [-0.1, -0.05) is 6.92 Å². The maximum Gasteiger partial charge on any atom is 0.320 e. The van der Waals surface area contributed by atoms with Crippen molar-refractivity contribution in [2.45, 2.75) is 39.3 Å². The molecule has 0 aliphatic carbocycles. The number of carbonyl (C=O) groups excluding carboxylic acids is 1. The largest absolute Gasteiger partial charge is 0.480 e. The van der Waals surface area contributed by atoms with E-state index in [0.717, 1.165) is 19.5 Å². The summed E-state index contributed by atoms with van der Waals surface area (Å²) < 4.78 is 0. The van der Waals surface area contributed by atoms with Crippen LogP contribution in [-0.4, -0.2) is 71.6 Å². The summed E-state index contributed by atoms with van der Waals surface area (Å²) in [6.07, 6.45) is 0.933. The minimum absolute atomic E-state index is 0.0570. The number of carbonyl (C=O) groups is 2. The molecule has 0 radical (unpaired) electrons. The first-order chi connectivity index (χ1) is 8.97. The van der Waals surface area contributed by atoms with Gasteiger partial charge in [0.2, 0.25) is 5.91 Å². The summed E-state index contributed by atoms with van der Waals surface area (Å²) in [4.78, 5) is 26.8. The average Bonchev–Trinajstić information content (AvgIpc) is 2.43. The quantitative estimate of drug-likeness (QED) is 0.711. The van der Waals surface area contributed by atoms with Crippen molar-refractivity contribution >= 4 is 11.9 Å².